The van der Waals surface area contributed by atoms with Crippen molar-refractivity contribution in [2.24, 2.45) is 29.6 Å². The van der Waals surface area contributed by atoms with Crippen molar-refractivity contribution in [3.63, 3.8) is 0 Å². The lowest BCUT2D eigenvalue weighted by atomic mass is 9.51. The fourth-order valence-corrected chi connectivity index (χ4v) is 4.50. The molecule has 0 amide bonds. The van der Waals surface area contributed by atoms with Gasteiger partial charge in [-0.25, -0.2) is 4.79 Å². The highest BCUT2D eigenvalue weighted by molar-refractivity contribution is 6.33. The SMILES string of the molecule is O=C(O)C(=O)C1C2CC3CC(C2)CC1C3. The number of carbonyl (C=O) groups is 2. The maximum atomic E-state index is 11.6. The van der Waals surface area contributed by atoms with E-state index in [1.54, 1.807) is 0 Å². The van der Waals surface area contributed by atoms with Crippen LogP contribution in [0.5, 0.6) is 0 Å². The highest BCUT2D eigenvalue weighted by Gasteiger charge is 2.51. The molecule has 82 valence electrons. The summed E-state index contributed by atoms with van der Waals surface area (Å²) < 4.78 is 0. The Morgan fingerprint density at radius 3 is 1.73 bits per heavy atom. The number of ketones is 1. The lowest BCUT2D eigenvalue weighted by Gasteiger charge is -2.53. The molecule has 0 unspecified atom stereocenters. The van der Waals surface area contributed by atoms with Crippen molar-refractivity contribution in [1.29, 1.82) is 0 Å². The highest BCUT2D eigenvalue weighted by atomic mass is 16.4. The van der Waals surface area contributed by atoms with Gasteiger partial charge in [-0.3, -0.25) is 4.79 Å². The number of carboxylic acid groups (broad SMARTS) is 1. The average molecular weight is 208 g/mol. The normalized spacial score (nSPS) is 46.8. The Balaban J connectivity index is 1.86. The smallest absolute Gasteiger partial charge is 0.372 e. The van der Waals surface area contributed by atoms with E-state index in [-0.39, 0.29) is 5.92 Å². The molecule has 4 fully saturated rings. The first-order valence-electron chi connectivity index (χ1n) is 5.92. The maximum absolute atomic E-state index is 11.6. The van der Waals surface area contributed by atoms with E-state index in [2.05, 4.69) is 0 Å². The molecule has 0 aromatic heterocycles. The summed E-state index contributed by atoms with van der Waals surface area (Å²) in [6.45, 7) is 0. The van der Waals surface area contributed by atoms with E-state index in [9.17, 15) is 9.59 Å². The molecule has 15 heavy (non-hydrogen) atoms. The fourth-order valence-electron chi connectivity index (χ4n) is 4.50. The molecule has 3 heteroatoms. The zero-order valence-corrected chi connectivity index (χ0v) is 8.69. The van der Waals surface area contributed by atoms with Crippen molar-refractivity contribution < 1.29 is 14.7 Å². The van der Waals surface area contributed by atoms with Crippen molar-refractivity contribution in [2.45, 2.75) is 32.1 Å². The molecule has 0 radical (unpaired) electrons. The third-order valence-electron chi connectivity index (χ3n) is 4.74. The van der Waals surface area contributed by atoms with Crippen LogP contribution in [-0.4, -0.2) is 16.9 Å². The van der Waals surface area contributed by atoms with Crippen LogP contribution in [-0.2, 0) is 9.59 Å². The predicted octanol–water partition coefficient (Wildman–Crippen LogP) is 1.71. The van der Waals surface area contributed by atoms with Gasteiger partial charge in [0.15, 0.2) is 0 Å². The third-order valence-corrected chi connectivity index (χ3v) is 4.74. The summed E-state index contributed by atoms with van der Waals surface area (Å²) in [5.41, 5.74) is 0. The van der Waals surface area contributed by atoms with Crippen molar-refractivity contribution >= 4 is 11.8 Å². The molecule has 4 aliphatic carbocycles. The monoisotopic (exact) mass is 208 g/mol. The van der Waals surface area contributed by atoms with Crippen LogP contribution in [0.3, 0.4) is 0 Å². The first-order chi connectivity index (χ1) is 7.15. The number of Topliss-reactive ketones (excluding diaryl/α,β-unsaturated/α-hetero) is 1. The van der Waals surface area contributed by atoms with E-state index in [1.165, 1.54) is 6.42 Å². The minimum Gasteiger partial charge on any atom is -0.475 e. The molecule has 0 saturated heterocycles. The topological polar surface area (TPSA) is 54.4 Å². The Kier molecular flexibility index (Phi) is 1.91. The van der Waals surface area contributed by atoms with E-state index >= 15 is 0 Å². The van der Waals surface area contributed by atoms with Gasteiger partial charge in [-0.1, -0.05) is 0 Å². The Morgan fingerprint density at radius 2 is 1.33 bits per heavy atom. The second kappa shape index (κ2) is 3.06. The van der Waals surface area contributed by atoms with Gasteiger partial charge in [-0.2, -0.15) is 0 Å². The van der Waals surface area contributed by atoms with E-state index < -0.39 is 11.8 Å². The Bertz CT molecular complexity index is 293. The summed E-state index contributed by atoms with van der Waals surface area (Å²) in [7, 11) is 0. The van der Waals surface area contributed by atoms with Crippen molar-refractivity contribution in [2.75, 3.05) is 0 Å². The van der Waals surface area contributed by atoms with Gasteiger partial charge >= 0.3 is 5.97 Å². The number of carboxylic acids is 1. The van der Waals surface area contributed by atoms with Crippen LogP contribution in [0.25, 0.3) is 0 Å². The molecule has 4 aliphatic rings. The largest absolute Gasteiger partial charge is 0.475 e. The van der Waals surface area contributed by atoms with Crippen LogP contribution < -0.4 is 0 Å². The number of carbonyl (C=O) groups excluding carboxylic acids is 1. The molecule has 0 aromatic rings. The molecule has 3 nitrogen and oxygen atoms in total. The van der Waals surface area contributed by atoms with Gasteiger partial charge in [0.25, 0.3) is 0 Å². The van der Waals surface area contributed by atoms with Gasteiger partial charge in [0.1, 0.15) is 0 Å². The molecule has 0 heterocycles. The zero-order valence-electron chi connectivity index (χ0n) is 8.69. The molecular weight excluding hydrogens is 192 g/mol. The highest BCUT2D eigenvalue weighted by Crippen LogP contribution is 2.56. The molecule has 4 bridgehead atoms. The van der Waals surface area contributed by atoms with Crippen molar-refractivity contribution in [1.82, 2.24) is 0 Å². The van der Waals surface area contributed by atoms with E-state index in [0.717, 1.165) is 37.5 Å². The van der Waals surface area contributed by atoms with Crippen LogP contribution >= 0.6 is 0 Å². The molecule has 1 N–H and O–H groups in total. The van der Waals surface area contributed by atoms with E-state index in [4.69, 9.17) is 5.11 Å². The summed E-state index contributed by atoms with van der Waals surface area (Å²) >= 11 is 0. The first kappa shape index (κ1) is 9.37. The maximum Gasteiger partial charge on any atom is 0.372 e. The second-order valence-electron chi connectivity index (χ2n) is 5.63. The van der Waals surface area contributed by atoms with Gasteiger partial charge < -0.3 is 5.11 Å². The standard InChI is InChI=1S/C12H16O3/c13-11(12(14)15)10-8-2-6-1-7(4-8)5-9(10)3-6/h6-10H,1-5H2,(H,14,15). The number of hydrogen-bond donors (Lipinski definition) is 1. The summed E-state index contributed by atoms with van der Waals surface area (Å²) in [5, 5.41) is 8.82. The molecule has 0 aromatic carbocycles. The van der Waals surface area contributed by atoms with Gasteiger partial charge in [0.2, 0.25) is 5.78 Å². The van der Waals surface area contributed by atoms with Crippen molar-refractivity contribution in [3.05, 3.63) is 0 Å². The van der Waals surface area contributed by atoms with Crippen LogP contribution in [0, 0.1) is 29.6 Å². The lowest BCUT2D eigenvalue weighted by molar-refractivity contribution is -0.157. The number of rotatable bonds is 2. The van der Waals surface area contributed by atoms with Crippen LogP contribution in [0.15, 0.2) is 0 Å². The molecule has 4 saturated carbocycles. The molecule has 4 rings (SSSR count). The van der Waals surface area contributed by atoms with Crippen molar-refractivity contribution in [3.8, 4) is 0 Å². The quantitative estimate of drug-likeness (QED) is 0.703. The van der Waals surface area contributed by atoms with E-state index in [0.29, 0.717) is 11.8 Å². The summed E-state index contributed by atoms with van der Waals surface area (Å²) in [6, 6.07) is 0. The Hall–Kier alpha value is -0.860. The fraction of sp³-hybridized carbons (Fsp3) is 0.833. The van der Waals surface area contributed by atoms with Gasteiger partial charge in [-0.05, 0) is 55.8 Å². The average Bonchev–Trinajstić information content (AvgIpc) is 2.15. The lowest BCUT2D eigenvalue weighted by Crippen LogP contribution is -2.49. The zero-order chi connectivity index (χ0) is 10.6. The van der Waals surface area contributed by atoms with E-state index in [1.807, 2.05) is 0 Å². The van der Waals surface area contributed by atoms with Crippen LogP contribution in [0.1, 0.15) is 32.1 Å². The number of aliphatic carboxylic acids is 1. The van der Waals surface area contributed by atoms with Gasteiger partial charge in [-0.15, -0.1) is 0 Å². The van der Waals surface area contributed by atoms with Crippen LogP contribution in [0.4, 0.5) is 0 Å². The Labute approximate surface area is 88.9 Å². The van der Waals surface area contributed by atoms with Gasteiger partial charge in [0, 0.05) is 5.92 Å². The van der Waals surface area contributed by atoms with Gasteiger partial charge in [0.05, 0.1) is 0 Å². The summed E-state index contributed by atoms with van der Waals surface area (Å²) in [6.07, 6.45) is 5.77. The summed E-state index contributed by atoms with van der Waals surface area (Å²) in [4.78, 5) is 22.4. The number of hydrogen-bond acceptors (Lipinski definition) is 2. The second-order valence-corrected chi connectivity index (χ2v) is 5.63. The molecule has 0 spiro atoms. The third kappa shape index (κ3) is 1.32. The summed E-state index contributed by atoms with van der Waals surface area (Å²) in [5.74, 6) is 0.511. The predicted molar refractivity (Wildman–Crippen MR) is 53.2 cm³/mol. The minimum absolute atomic E-state index is 0.143. The van der Waals surface area contributed by atoms with Crippen LogP contribution in [0.2, 0.25) is 0 Å². The first-order valence-corrected chi connectivity index (χ1v) is 5.92. The molecular formula is C12H16O3. The molecule has 0 aliphatic heterocycles. The Morgan fingerprint density at radius 1 is 0.867 bits per heavy atom. The minimum atomic E-state index is -1.22. The molecule has 0 atom stereocenters.